The van der Waals surface area contributed by atoms with Crippen molar-refractivity contribution >= 4 is 11.8 Å². The fourth-order valence-corrected chi connectivity index (χ4v) is 2.64. The Bertz CT molecular complexity index is 375. The van der Waals surface area contributed by atoms with Crippen molar-refractivity contribution in [2.24, 2.45) is 0 Å². The van der Waals surface area contributed by atoms with Crippen LogP contribution in [0.2, 0.25) is 0 Å². The van der Waals surface area contributed by atoms with E-state index in [1.54, 1.807) is 18.9 Å². The number of aliphatic hydroxyl groups is 1. The molecule has 0 amide bonds. The molecular weight excluding hydrogens is 232 g/mol. The molecule has 1 atom stereocenters. The summed E-state index contributed by atoms with van der Waals surface area (Å²) in [6, 6.07) is 4.06. The molecule has 1 aromatic carbocycles. The molecule has 0 aliphatic carbocycles. The fourth-order valence-electron chi connectivity index (χ4n) is 1.90. The van der Waals surface area contributed by atoms with E-state index in [2.05, 4.69) is 19.9 Å². The van der Waals surface area contributed by atoms with Crippen molar-refractivity contribution in [1.82, 2.24) is 0 Å². The van der Waals surface area contributed by atoms with Crippen molar-refractivity contribution < 1.29 is 9.84 Å². The summed E-state index contributed by atoms with van der Waals surface area (Å²) < 4.78 is 5.37. The molecule has 2 nitrogen and oxygen atoms in total. The lowest BCUT2D eigenvalue weighted by molar-refractivity contribution is 0.198. The quantitative estimate of drug-likeness (QED) is 0.872. The predicted molar refractivity (Wildman–Crippen MR) is 75.0 cm³/mol. The van der Waals surface area contributed by atoms with Gasteiger partial charge in [-0.1, -0.05) is 19.9 Å². The number of hydrogen-bond donors (Lipinski definition) is 1. The monoisotopic (exact) mass is 254 g/mol. The van der Waals surface area contributed by atoms with Gasteiger partial charge in [0.2, 0.25) is 0 Å². The number of aryl methyl sites for hydroxylation is 2. The molecule has 0 heterocycles. The minimum Gasteiger partial charge on any atom is -0.496 e. The van der Waals surface area contributed by atoms with Gasteiger partial charge in [0.1, 0.15) is 5.75 Å². The largest absolute Gasteiger partial charge is 0.496 e. The zero-order chi connectivity index (χ0) is 13.0. The van der Waals surface area contributed by atoms with Gasteiger partial charge in [-0.2, -0.15) is 11.8 Å². The highest BCUT2D eigenvalue weighted by Gasteiger charge is 2.17. The second-order valence-electron chi connectivity index (χ2n) is 4.60. The van der Waals surface area contributed by atoms with Gasteiger partial charge in [-0.3, -0.25) is 0 Å². The molecule has 1 unspecified atom stereocenters. The summed E-state index contributed by atoms with van der Waals surface area (Å²) in [6.45, 7) is 8.33. The topological polar surface area (TPSA) is 29.5 Å². The molecule has 96 valence electrons. The van der Waals surface area contributed by atoms with E-state index in [-0.39, 0.29) is 0 Å². The third-order valence-electron chi connectivity index (χ3n) is 2.63. The molecule has 0 saturated carbocycles. The Kier molecular flexibility index (Phi) is 5.34. The van der Waals surface area contributed by atoms with E-state index >= 15 is 0 Å². The molecule has 0 spiro atoms. The molecule has 3 heteroatoms. The first kappa shape index (κ1) is 14.4. The number of benzene rings is 1. The summed E-state index contributed by atoms with van der Waals surface area (Å²) in [5, 5.41) is 10.8. The van der Waals surface area contributed by atoms with Crippen molar-refractivity contribution in [3.05, 3.63) is 28.8 Å². The summed E-state index contributed by atoms with van der Waals surface area (Å²) in [6.07, 6.45) is -0.460. The van der Waals surface area contributed by atoms with E-state index in [4.69, 9.17) is 4.74 Å². The van der Waals surface area contributed by atoms with E-state index in [9.17, 15) is 5.11 Å². The van der Waals surface area contributed by atoms with Crippen LogP contribution >= 0.6 is 11.8 Å². The fraction of sp³-hybridized carbons (Fsp3) is 0.571. The maximum Gasteiger partial charge on any atom is 0.125 e. The smallest absolute Gasteiger partial charge is 0.125 e. The molecule has 1 aromatic rings. The van der Waals surface area contributed by atoms with Crippen LogP contribution in [0.25, 0.3) is 0 Å². The highest BCUT2D eigenvalue weighted by molar-refractivity contribution is 7.99. The van der Waals surface area contributed by atoms with Gasteiger partial charge in [-0.25, -0.2) is 0 Å². The maximum atomic E-state index is 10.3. The van der Waals surface area contributed by atoms with Crippen LogP contribution in [0.5, 0.6) is 5.75 Å². The van der Waals surface area contributed by atoms with Gasteiger partial charge in [0.25, 0.3) is 0 Å². The van der Waals surface area contributed by atoms with Gasteiger partial charge in [-0.15, -0.1) is 0 Å². The van der Waals surface area contributed by atoms with Crippen LogP contribution in [0.1, 0.15) is 36.6 Å². The van der Waals surface area contributed by atoms with Crippen LogP contribution in [0.15, 0.2) is 12.1 Å². The lowest BCUT2D eigenvalue weighted by Gasteiger charge is -2.18. The maximum absolute atomic E-state index is 10.3. The Morgan fingerprint density at radius 3 is 2.47 bits per heavy atom. The summed E-state index contributed by atoms with van der Waals surface area (Å²) in [7, 11) is 1.65. The Morgan fingerprint density at radius 1 is 1.29 bits per heavy atom. The highest BCUT2D eigenvalue weighted by Crippen LogP contribution is 2.32. The number of rotatable bonds is 5. The van der Waals surface area contributed by atoms with Crippen molar-refractivity contribution in [2.45, 2.75) is 39.0 Å². The van der Waals surface area contributed by atoms with Crippen molar-refractivity contribution in [2.75, 3.05) is 12.9 Å². The second kappa shape index (κ2) is 6.31. The Hall–Kier alpha value is -0.670. The molecule has 0 aliphatic rings. The Balaban J connectivity index is 2.95. The van der Waals surface area contributed by atoms with Crippen LogP contribution in [0.4, 0.5) is 0 Å². The molecule has 0 bridgehead atoms. The first-order chi connectivity index (χ1) is 7.95. The molecular formula is C14H22O2S. The second-order valence-corrected chi connectivity index (χ2v) is 6.21. The minimum absolute atomic E-state index is 0.460. The highest BCUT2D eigenvalue weighted by atomic mass is 32.2. The summed E-state index contributed by atoms with van der Waals surface area (Å²) in [4.78, 5) is 0. The van der Waals surface area contributed by atoms with Gasteiger partial charge in [0.05, 0.1) is 13.2 Å². The number of hydrogen-bond acceptors (Lipinski definition) is 3. The van der Waals surface area contributed by atoms with E-state index in [0.717, 1.165) is 22.4 Å². The lowest BCUT2D eigenvalue weighted by atomic mass is 10.0. The minimum atomic E-state index is -0.460. The Labute approximate surface area is 108 Å². The first-order valence-corrected chi connectivity index (χ1v) is 6.95. The van der Waals surface area contributed by atoms with Crippen LogP contribution in [-0.2, 0) is 0 Å². The number of ether oxygens (including phenoxy) is 1. The summed E-state index contributed by atoms with van der Waals surface area (Å²) >= 11 is 1.76. The third-order valence-corrected chi connectivity index (χ3v) is 3.81. The average molecular weight is 254 g/mol. The predicted octanol–water partition coefficient (Wildman–Crippen LogP) is 3.49. The zero-order valence-electron chi connectivity index (χ0n) is 11.3. The van der Waals surface area contributed by atoms with Crippen LogP contribution in [0.3, 0.4) is 0 Å². The summed E-state index contributed by atoms with van der Waals surface area (Å²) in [5.74, 6) is 1.50. The van der Waals surface area contributed by atoms with Crippen LogP contribution in [-0.4, -0.2) is 23.2 Å². The zero-order valence-corrected chi connectivity index (χ0v) is 12.1. The van der Waals surface area contributed by atoms with Gasteiger partial charge in [-0.05, 0) is 36.3 Å². The standard InChI is InChI=1S/C14H22O2S/c1-9(2)17-8-12(15)14-11(4)6-10(3)7-13(14)16-5/h6-7,9,12,15H,8H2,1-5H3. The van der Waals surface area contributed by atoms with E-state index in [1.165, 1.54) is 0 Å². The molecule has 0 aromatic heterocycles. The van der Waals surface area contributed by atoms with Crippen molar-refractivity contribution in [3.63, 3.8) is 0 Å². The number of thioether (sulfide) groups is 1. The van der Waals surface area contributed by atoms with Crippen LogP contribution < -0.4 is 4.74 Å². The molecule has 1 N–H and O–H groups in total. The normalized spacial score (nSPS) is 12.9. The van der Waals surface area contributed by atoms with Gasteiger partial charge in [0.15, 0.2) is 0 Å². The van der Waals surface area contributed by atoms with Crippen LogP contribution in [0, 0.1) is 13.8 Å². The average Bonchev–Trinajstić information content (AvgIpc) is 2.24. The van der Waals surface area contributed by atoms with E-state index in [0.29, 0.717) is 11.0 Å². The lowest BCUT2D eigenvalue weighted by Crippen LogP contribution is -2.07. The van der Waals surface area contributed by atoms with Gasteiger partial charge >= 0.3 is 0 Å². The summed E-state index contributed by atoms with van der Waals surface area (Å²) in [5.41, 5.74) is 3.18. The molecule has 0 saturated heterocycles. The van der Waals surface area contributed by atoms with E-state index < -0.39 is 6.10 Å². The van der Waals surface area contributed by atoms with Crippen molar-refractivity contribution in [1.29, 1.82) is 0 Å². The third kappa shape index (κ3) is 3.93. The molecule has 0 fully saturated rings. The first-order valence-electron chi connectivity index (χ1n) is 5.90. The number of aliphatic hydroxyl groups excluding tert-OH is 1. The number of methoxy groups -OCH3 is 1. The Morgan fingerprint density at radius 2 is 1.94 bits per heavy atom. The SMILES string of the molecule is COc1cc(C)cc(C)c1C(O)CSC(C)C. The molecule has 0 radical (unpaired) electrons. The molecule has 17 heavy (non-hydrogen) atoms. The van der Waals surface area contributed by atoms with E-state index in [1.807, 2.05) is 19.9 Å². The van der Waals surface area contributed by atoms with Gasteiger partial charge in [0, 0.05) is 11.3 Å². The molecule has 0 aliphatic heterocycles. The molecule has 1 rings (SSSR count). The van der Waals surface area contributed by atoms with Gasteiger partial charge < -0.3 is 9.84 Å². The van der Waals surface area contributed by atoms with Crippen molar-refractivity contribution in [3.8, 4) is 5.75 Å².